The van der Waals surface area contributed by atoms with Crippen LogP contribution < -0.4 is 5.32 Å². The second-order valence-corrected chi connectivity index (χ2v) is 7.11. The van der Waals surface area contributed by atoms with Gasteiger partial charge in [0.1, 0.15) is 0 Å². The van der Waals surface area contributed by atoms with E-state index in [1.54, 1.807) is 14.0 Å². The molecule has 0 aliphatic carbocycles. The maximum atomic E-state index is 13.4. The molecule has 0 spiro atoms. The molecule has 1 aliphatic heterocycles. The van der Waals surface area contributed by atoms with Gasteiger partial charge >= 0.3 is 6.03 Å². The van der Waals surface area contributed by atoms with Crippen LogP contribution in [0.5, 0.6) is 0 Å². The molecule has 0 radical (unpaired) electrons. The highest BCUT2D eigenvalue weighted by Crippen LogP contribution is 2.21. The van der Waals surface area contributed by atoms with Crippen molar-refractivity contribution in [1.29, 1.82) is 0 Å². The number of halogens is 2. The Morgan fingerprint density at radius 1 is 1.23 bits per heavy atom. The van der Waals surface area contributed by atoms with Crippen LogP contribution in [0.15, 0.2) is 18.2 Å². The van der Waals surface area contributed by atoms with Gasteiger partial charge in [0.2, 0.25) is 0 Å². The molecule has 2 rings (SSSR count). The number of nitrogens with one attached hydrogen (secondary N) is 1. The van der Waals surface area contributed by atoms with Crippen molar-refractivity contribution in [3.05, 3.63) is 35.4 Å². The van der Waals surface area contributed by atoms with Gasteiger partial charge in [-0.15, -0.1) is 0 Å². The lowest BCUT2D eigenvalue weighted by atomic mass is 10.0. The van der Waals surface area contributed by atoms with Crippen LogP contribution in [-0.2, 0) is 4.74 Å². The molecule has 146 valence electrons. The van der Waals surface area contributed by atoms with Gasteiger partial charge in [-0.25, -0.2) is 13.6 Å². The van der Waals surface area contributed by atoms with Crippen LogP contribution >= 0.6 is 0 Å². The lowest BCUT2D eigenvalue weighted by Crippen LogP contribution is -2.52. The van der Waals surface area contributed by atoms with Gasteiger partial charge in [0.15, 0.2) is 11.6 Å². The molecule has 1 aliphatic rings. The van der Waals surface area contributed by atoms with Gasteiger partial charge in [-0.2, -0.15) is 0 Å². The fraction of sp³-hybridized carbons (Fsp3) is 0.632. The number of nitrogens with zero attached hydrogens (tertiary/aromatic N) is 2. The van der Waals surface area contributed by atoms with Crippen LogP contribution in [0.3, 0.4) is 0 Å². The molecule has 2 unspecified atom stereocenters. The van der Waals surface area contributed by atoms with Gasteiger partial charge in [-0.3, -0.25) is 4.90 Å². The van der Waals surface area contributed by atoms with Crippen molar-refractivity contribution < 1.29 is 18.3 Å². The lowest BCUT2D eigenvalue weighted by molar-refractivity contribution is 0.00692. The highest BCUT2D eigenvalue weighted by Gasteiger charge is 2.25. The predicted molar refractivity (Wildman–Crippen MR) is 97.0 cm³/mol. The third-order valence-electron chi connectivity index (χ3n) is 5.07. The van der Waals surface area contributed by atoms with E-state index in [1.807, 2.05) is 0 Å². The van der Waals surface area contributed by atoms with E-state index in [1.165, 1.54) is 11.0 Å². The highest BCUT2D eigenvalue weighted by molar-refractivity contribution is 5.74. The van der Waals surface area contributed by atoms with E-state index >= 15 is 0 Å². The summed E-state index contributed by atoms with van der Waals surface area (Å²) in [4.78, 5) is 16.4. The summed E-state index contributed by atoms with van der Waals surface area (Å²) in [5.41, 5.74) is 0.551. The van der Waals surface area contributed by atoms with Gasteiger partial charge < -0.3 is 15.0 Å². The molecule has 1 aromatic rings. The molecule has 0 bridgehead atoms. The minimum atomic E-state index is -0.907. The third-order valence-corrected chi connectivity index (χ3v) is 5.07. The number of hydrogen-bond donors (Lipinski definition) is 1. The maximum absolute atomic E-state index is 13.4. The van der Waals surface area contributed by atoms with Crippen LogP contribution in [0.2, 0.25) is 0 Å². The summed E-state index contributed by atoms with van der Waals surface area (Å²) in [5.74, 6) is -1.41. The zero-order chi connectivity index (χ0) is 19.3. The van der Waals surface area contributed by atoms with Gasteiger partial charge in [0.25, 0.3) is 0 Å². The van der Waals surface area contributed by atoms with E-state index in [0.717, 1.165) is 25.2 Å². The Labute approximate surface area is 154 Å². The van der Waals surface area contributed by atoms with Gasteiger partial charge in [0, 0.05) is 32.7 Å². The van der Waals surface area contributed by atoms with Crippen molar-refractivity contribution in [3.8, 4) is 0 Å². The Morgan fingerprint density at radius 3 is 2.46 bits per heavy atom. The molecule has 5 nitrogen and oxygen atoms in total. The van der Waals surface area contributed by atoms with E-state index in [9.17, 15) is 13.6 Å². The molecular weight excluding hydrogens is 340 g/mol. The predicted octanol–water partition coefficient (Wildman–Crippen LogP) is 3.02. The number of urea groups is 1. The maximum Gasteiger partial charge on any atom is 0.317 e. The molecule has 0 saturated carbocycles. The zero-order valence-corrected chi connectivity index (χ0v) is 16.0. The molecule has 2 atom stereocenters. The minimum Gasteiger partial charge on any atom is -0.379 e. The topological polar surface area (TPSA) is 44.8 Å². The van der Waals surface area contributed by atoms with Crippen molar-refractivity contribution in [2.24, 2.45) is 5.92 Å². The first-order valence-corrected chi connectivity index (χ1v) is 9.08. The number of ether oxygens (including phenoxy) is 1. The number of morpholine rings is 1. The standard InChI is InChI=1S/C19H29F2N3O2/c1-13(2)18(24-7-9-26-10-8-24)12-22-19(25)23(4)14(3)15-5-6-16(20)17(21)11-15/h5-6,11,13-14,18H,7-10,12H2,1-4H3,(H,22,25). The Hall–Kier alpha value is -1.73. The Bertz CT molecular complexity index is 606. The molecule has 2 amide bonds. The fourth-order valence-electron chi connectivity index (χ4n) is 3.18. The van der Waals surface area contributed by atoms with Crippen LogP contribution in [0.1, 0.15) is 32.4 Å². The summed E-state index contributed by atoms with van der Waals surface area (Å²) in [5, 5.41) is 2.97. The van der Waals surface area contributed by atoms with Crippen molar-refractivity contribution in [1.82, 2.24) is 15.1 Å². The van der Waals surface area contributed by atoms with Crippen LogP contribution in [0.25, 0.3) is 0 Å². The van der Waals surface area contributed by atoms with Crippen LogP contribution in [-0.4, -0.2) is 61.8 Å². The first-order valence-electron chi connectivity index (χ1n) is 9.08. The molecule has 7 heteroatoms. The lowest BCUT2D eigenvalue weighted by Gasteiger charge is -2.37. The second-order valence-electron chi connectivity index (χ2n) is 7.11. The van der Waals surface area contributed by atoms with Crippen LogP contribution in [0.4, 0.5) is 13.6 Å². The second kappa shape index (κ2) is 9.28. The fourth-order valence-corrected chi connectivity index (χ4v) is 3.18. The number of carbonyl (C=O) groups is 1. The van der Waals surface area contributed by atoms with E-state index < -0.39 is 11.6 Å². The molecule has 1 fully saturated rings. The molecule has 1 saturated heterocycles. The number of rotatable bonds is 6. The first-order chi connectivity index (χ1) is 12.3. The van der Waals surface area contributed by atoms with Crippen molar-refractivity contribution in [2.75, 3.05) is 39.9 Å². The SMILES string of the molecule is CC(C)C(CNC(=O)N(C)C(C)c1ccc(F)c(F)c1)N1CCOCC1. The normalized spacial score (nSPS) is 17.8. The smallest absolute Gasteiger partial charge is 0.317 e. The van der Waals surface area contributed by atoms with Gasteiger partial charge in [-0.05, 0) is 30.5 Å². The zero-order valence-electron chi connectivity index (χ0n) is 16.0. The minimum absolute atomic E-state index is 0.231. The third kappa shape index (κ3) is 5.14. The molecule has 26 heavy (non-hydrogen) atoms. The summed E-state index contributed by atoms with van der Waals surface area (Å²) in [6.07, 6.45) is 0. The van der Waals surface area contributed by atoms with E-state index in [4.69, 9.17) is 4.74 Å². The molecular formula is C19H29F2N3O2. The Balaban J connectivity index is 1.95. The number of carbonyl (C=O) groups excluding carboxylic acids is 1. The van der Waals surface area contributed by atoms with Crippen molar-refractivity contribution >= 4 is 6.03 Å². The average Bonchev–Trinajstić information content (AvgIpc) is 2.63. The first kappa shape index (κ1) is 20.6. The van der Waals surface area contributed by atoms with E-state index in [2.05, 4.69) is 24.1 Å². The molecule has 1 aromatic carbocycles. The molecule has 0 aromatic heterocycles. The summed E-state index contributed by atoms with van der Waals surface area (Å²) in [6, 6.07) is 3.34. The largest absolute Gasteiger partial charge is 0.379 e. The summed E-state index contributed by atoms with van der Waals surface area (Å²) in [6.45, 7) is 9.74. The quantitative estimate of drug-likeness (QED) is 0.838. The number of hydrogen-bond acceptors (Lipinski definition) is 3. The Kier molecular flexibility index (Phi) is 7.34. The van der Waals surface area contributed by atoms with Crippen molar-refractivity contribution in [3.63, 3.8) is 0 Å². The number of amides is 2. The summed E-state index contributed by atoms with van der Waals surface area (Å²) >= 11 is 0. The Morgan fingerprint density at radius 2 is 1.88 bits per heavy atom. The van der Waals surface area contributed by atoms with Gasteiger partial charge in [0.05, 0.1) is 19.3 Å². The van der Waals surface area contributed by atoms with Gasteiger partial charge in [-0.1, -0.05) is 19.9 Å². The van der Waals surface area contributed by atoms with E-state index in [0.29, 0.717) is 31.2 Å². The highest BCUT2D eigenvalue weighted by atomic mass is 19.2. The van der Waals surface area contributed by atoms with Crippen molar-refractivity contribution in [2.45, 2.75) is 32.9 Å². The number of benzene rings is 1. The average molecular weight is 369 g/mol. The monoisotopic (exact) mass is 369 g/mol. The molecule has 1 heterocycles. The molecule has 1 N–H and O–H groups in total. The van der Waals surface area contributed by atoms with Crippen LogP contribution in [0, 0.1) is 17.6 Å². The van der Waals surface area contributed by atoms with E-state index in [-0.39, 0.29) is 18.1 Å². The summed E-state index contributed by atoms with van der Waals surface area (Å²) < 4.78 is 31.9. The summed E-state index contributed by atoms with van der Waals surface area (Å²) in [7, 11) is 1.65.